The summed E-state index contributed by atoms with van der Waals surface area (Å²) in [5.74, 6) is -1.95. The number of carboxylic acid groups (broad SMARTS) is 2. The molecule has 0 aliphatic carbocycles. The molecule has 4 N–H and O–H groups in total. The number of benzene rings is 2. The molecule has 0 atom stereocenters. The van der Waals surface area contributed by atoms with Crippen LogP contribution in [0.25, 0.3) is 21.8 Å². The predicted octanol–water partition coefficient (Wildman–Crippen LogP) is 5.62. The molecule has 0 aliphatic rings. The van der Waals surface area contributed by atoms with Crippen LogP contribution in [0.15, 0.2) is 71.7 Å². The summed E-state index contributed by atoms with van der Waals surface area (Å²) in [6.07, 6.45) is 0. The highest BCUT2D eigenvalue weighted by molar-refractivity contribution is 6.08. The Balaban J connectivity index is 0.000000293. The Morgan fingerprint density at radius 2 is 1.46 bits per heavy atom. The fourth-order valence-corrected chi connectivity index (χ4v) is 3.91. The third-order valence-corrected chi connectivity index (χ3v) is 5.94. The first-order valence-corrected chi connectivity index (χ1v) is 12.8. The number of para-hydroxylation sites is 1. The number of H-pyrrole nitrogens is 1. The van der Waals surface area contributed by atoms with Gasteiger partial charge >= 0.3 is 11.9 Å². The van der Waals surface area contributed by atoms with Gasteiger partial charge < -0.3 is 20.5 Å². The Morgan fingerprint density at radius 3 is 2.03 bits per heavy atom. The number of aromatic carboxylic acids is 2. The van der Waals surface area contributed by atoms with Crippen LogP contribution in [0.1, 0.15) is 60.9 Å². The van der Waals surface area contributed by atoms with Gasteiger partial charge in [0.1, 0.15) is 0 Å². The van der Waals surface area contributed by atoms with Crippen LogP contribution >= 0.6 is 0 Å². The van der Waals surface area contributed by atoms with Crippen molar-refractivity contribution in [1.82, 2.24) is 10.3 Å². The van der Waals surface area contributed by atoms with Crippen LogP contribution < -0.4 is 10.7 Å². The van der Waals surface area contributed by atoms with E-state index in [2.05, 4.69) is 53.4 Å². The normalized spacial score (nSPS) is 11.9. The number of carbonyl (C=O) groups is 3. The topological polar surface area (TPSA) is 132 Å². The summed E-state index contributed by atoms with van der Waals surface area (Å²) in [6, 6.07) is 19.8. The maximum atomic E-state index is 12.3. The van der Waals surface area contributed by atoms with Crippen LogP contribution in [0.4, 0.5) is 0 Å². The molecule has 0 aliphatic heterocycles. The molecule has 0 saturated carbocycles. The van der Waals surface area contributed by atoms with E-state index in [1.807, 2.05) is 39.0 Å². The molecule has 4 aromatic rings. The molecule has 1 aromatic heterocycles. The first kappa shape index (κ1) is 29.3. The zero-order chi connectivity index (χ0) is 28.7. The van der Waals surface area contributed by atoms with Gasteiger partial charge in [-0.15, -0.1) is 0 Å². The number of hydrogen-bond donors (Lipinski definition) is 4. The number of nitrogens with zero attached hydrogens (tertiary/aromatic N) is 1. The molecular weight excluding hydrogens is 494 g/mol. The molecule has 0 bridgehead atoms. The molecule has 0 spiro atoms. The lowest BCUT2D eigenvalue weighted by Crippen LogP contribution is -2.20. The highest BCUT2D eigenvalue weighted by atomic mass is 16.4. The largest absolute Gasteiger partial charge is 0.478 e. The number of amides is 1. The van der Waals surface area contributed by atoms with E-state index in [0.29, 0.717) is 11.3 Å². The standard InChI is InChI=1S/C23H29N3O.C8H6O4/c1-15(2)13-24-14-16-8-6-11-19-18-10-7-9-17(12-20(18)26-21(16)19)25-22(27)23(3,4)5;9-7(10)5-3-1-2-4-6(5)8(11)12/h6-12,15,24,26H,13-14H2,1-5H3;1-4H,(H,9,10)(H,11,12). The van der Waals surface area contributed by atoms with Crippen LogP contribution in [-0.4, -0.2) is 39.6 Å². The molecule has 0 unspecified atom stereocenters. The molecule has 0 saturated heterocycles. The minimum Gasteiger partial charge on any atom is -0.478 e. The molecule has 0 radical (unpaired) electrons. The van der Waals surface area contributed by atoms with Crippen molar-refractivity contribution in [2.45, 2.75) is 41.2 Å². The van der Waals surface area contributed by atoms with E-state index >= 15 is 0 Å². The van der Waals surface area contributed by atoms with Gasteiger partial charge in [0.15, 0.2) is 0 Å². The summed E-state index contributed by atoms with van der Waals surface area (Å²) in [5.41, 5.74) is 2.52. The van der Waals surface area contributed by atoms with Gasteiger partial charge in [-0.1, -0.05) is 77.1 Å². The maximum Gasteiger partial charge on any atom is 0.336 e. The smallest absolute Gasteiger partial charge is 0.336 e. The van der Waals surface area contributed by atoms with Gasteiger partial charge in [-0.25, -0.2) is 14.6 Å². The lowest BCUT2D eigenvalue weighted by Gasteiger charge is -2.11. The second kappa shape index (κ2) is 12.5. The first-order valence-electron chi connectivity index (χ1n) is 12.8. The molecule has 3 aromatic carbocycles. The number of aromatic nitrogens is 1. The third kappa shape index (κ3) is 7.61. The molecule has 1 amide bonds. The van der Waals surface area contributed by atoms with Crippen LogP contribution in [-0.2, 0) is 11.3 Å². The van der Waals surface area contributed by atoms with Gasteiger partial charge in [-0.05, 0) is 42.3 Å². The molecule has 204 valence electrons. The second-order valence-electron chi connectivity index (χ2n) is 10.7. The van der Waals surface area contributed by atoms with Crippen molar-refractivity contribution in [3.05, 3.63) is 88.8 Å². The summed E-state index contributed by atoms with van der Waals surface area (Å²) in [4.78, 5) is 41.1. The molecule has 1 heterocycles. The molecular formula is C31H35N3O5. The Labute approximate surface area is 227 Å². The van der Waals surface area contributed by atoms with E-state index in [4.69, 9.17) is 10.2 Å². The molecule has 39 heavy (non-hydrogen) atoms. The van der Waals surface area contributed by atoms with Gasteiger partial charge in [0, 0.05) is 28.2 Å². The second-order valence-corrected chi connectivity index (χ2v) is 10.7. The van der Waals surface area contributed by atoms with Gasteiger partial charge in [0.05, 0.1) is 22.0 Å². The predicted molar refractivity (Wildman–Crippen MR) is 153 cm³/mol. The van der Waals surface area contributed by atoms with Gasteiger partial charge in [-0.2, -0.15) is 0 Å². The fourth-order valence-electron chi connectivity index (χ4n) is 3.91. The minimum atomic E-state index is -1.23. The van der Waals surface area contributed by atoms with E-state index in [1.165, 1.54) is 35.2 Å². The summed E-state index contributed by atoms with van der Waals surface area (Å²) < 4.78 is 0. The van der Waals surface area contributed by atoms with Crippen molar-refractivity contribution in [2.75, 3.05) is 6.54 Å². The van der Waals surface area contributed by atoms with Crippen molar-refractivity contribution in [3.8, 4) is 0 Å². The van der Waals surface area contributed by atoms with Gasteiger partial charge in [0.2, 0.25) is 0 Å². The molecule has 4 rings (SSSR count). The Bertz CT molecular complexity index is 1550. The van der Waals surface area contributed by atoms with Gasteiger partial charge in [0.25, 0.3) is 5.91 Å². The Hall–Kier alpha value is -4.30. The van der Waals surface area contributed by atoms with Gasteiger partial charge in [-0.3, -0.25) is 4.79 Å². The van der Waals surface area contributed by atoms with Crippen molar-refractivity contribution < 1.29 is 24.6 Å². The summed E-state index contributed by atoms with van der Waals surface area (Å²) in [7, 11) is 0. The number of carboxylic acids is 2. The average molecular weight is 530 g/mol. The zero-order valence-electron chi connectivity index (χ0n) is 22.9. The van der Waals surface area contributed by atoms with Crippen molar-refractivity contribution >= 4 is 39.7 Å². The van der Waals surface area contributed by atoms with E-state index in [-0.39, 0.29) is 17.0 Å². The van der Waals surface area contributed by atoms with Crippen molar-refractivity contribution in [2.24, 2.45) is 16.3 Å². The number of rotatable bonds is 6. The van der Waals surface area contributed by atoms with Crippen LogP contribution in [0.5, 0.6) is 0 Å². The third-order valence-electron chi connectivity index (χ3n) is 5.94. The zero-order valence-corrected chi connectivity index (χ0v) is 22.9. The lowest BCUT2D eigenvalue weighted by atomic mass is 9.96. The van der Waals surface area contributed by atoms with Crippen molar-refractivity contribution in [1.29, 1.82) is 0 Å². The van der Waals surface area contributed by atoms with Crippen LogP contribution in [0.2, 0.25) is 0 Å². The number of fused-ring (bicyclic) bond motifs is 3. The van der Waals surface area contributed by atoms with Crippen LogP contribution in [0, 0.1) is 11.3 Å². The lowest BCUT2D eigenvalue weighted by molar-refractivity contribution is -0.125. The van der Waals surface area contributed by atoms with E-state index in [0.717, 1.165) is 29.5 Å². The first-order chi connectivity index (χ1) is 18.4. The van der Waals surface area contributed by atoms with E-state index < -0.39 is 17.4 Å². The highest BCUT2D eigenvalue weighted by Crippen LogP contribution is 2.26. The summed E-state index contributed by atoms with van der Waals surface area (Å²) in [6.45, 7) is 11.9. The number of hydrogen-bond acceptors (Lipinski definition) is 4. The number of carbonyl (C=O) groups excluding carboxylic acids is 1. The summed E-state index contributed by atoms with van der Waals surface area (Å²) in [5, 5.41) is 23.6. The highest BCUT2D eigenvalue weighted by Gasteiger charge is 2.20. The van der Waals surface area contributed by atoms with E-state index in [9.17, 15) is 14.4 Å². The Morgan fingerprint density at radius 1 is 0.872 bits per heavy atom. The van der Waals surface area contributed by atoms with E-state index in [1.54, 1.807) is 0 Å². The maximum absolute atomic E-state index is 12.3. The SMILES string of the molecule is CC(C)CNCc1cccc2c1[nH]c1cc(=NC(=O)C(C)(C)C)cccc12.O=C(O)c1ccccc1C(=O)O. The summed E-state index contributed by atoms with van der Waals surface area (Å²) >= 11 is 0. The minimum absolute atomic E-state index is 0.114. The number of aromatic amines is 1. The Kier molecular flexibility index (Phi) is 9.37. The molecule has 0 fully saturated rings. The quantitative estimate of drug-likeness (QED) is 0.256. The van der Waals surface area contributed by atoms with Crippen LogP contribution in [0.3, 0.4) is 0 Å². The monoisotopic (exact) mass is 529 g/mol. The fraction of sp³-hybridized carbons (Fsp3) is 0.290. The van der Waals surface area contributed by atoms with Crippen molar-refractivity contribution in [3.63, 3.8) is 0 Å². The molecule has 8 nitrogen and oxygen atoms in total. The average Bonchev–Trinajstić information content (AvgIpc) is 3.08. The number of nitrogens with one attached hydrogen (secondary N) is 2. The molecule has 8 heteroatoms.